The molecular weight excluding hydrogens is 220 g/mol. The van der Waals surface area contributed by atoms with Crippen LogP contribution in [-0.2, 0) is 11.0 Å². The number of hydrogen-bond donors (Lipinski definition) is 1. The Labute approximate surface area is 108 Å². The van der Waals surface area contributed by atoms with Crippen molar-refractivity contribution in [3.8, 4) is 0 Å². The molecule has 1 N–H and O–H groups in total. The predicted octanol–water partition coefficient (Wildman–Crippen LogP) is 3.60. The van der Waals surface area contributed by atoms with E-state index in [1.165, 1.54) is 5.56 Å². The van der Waals surface area contributed by atoms with Gasteiger partial charge in [0, 0.05) is 0 Å². The van der Waals surface area contributed by atoms with Crippen molar-refractivity contribution < 1.29 is 5.11 Å². The lowest BCUT2D eigenvalue weighted by molar-refractivity contribution is 0.0682. The third kappa shape index (κ3) is 1.51. The van der Waals surface area contributed by atoms with E-state index >= 15 is 0 Å². The van der Waals surface area contributed by atoms with Crippen molar-refractivity contribution in [2.75, 3.05) is 0 Å². The highest BCUT2D eigenvalue weighted by Gasteiger charge is 2.47. The molecule has 0 fully saturated rings. The zero-order chi connectivity index (χ0) is 12.8. The minimum Gasteiger partial charge on any atom is -0.380 e. The monoisotopic (exact) mass is 238 g/mol. The van der Waals surface area contributed by atoms with E-state index in [1.54, 1.807) is 0 Å². The van der Waals surface area contributed by atoms with Crippen LogP contribution in [0.4, 0.5) is 0 Å². The normalized spacial score (nSPS) is 24.8. The standard InChI is InChI=1S/C17H18O/c1-16(2)12-17(18,13-8-4-3-5-9-13)15-11-7-6-10-14(15)16/h3-11,18H,12H2,1-2H3/t17-/m1/s1. The Hall–Kier alpha value is -1.60. The highest BCUT2D eigenvalue weighted by Crippen LogP contribution is 2.51. The molecule has 1 nitrogen and oxygen atoms in total. The van der Waals surface area contributed by atoms with Gasteiger partial charge >= 0.3 is 0 Å². The van der Waals surface area contributed by atoms with Gasteiger partial charge in [0.1, 0.15) is 5.60 Å². The van der Waals surface area contributed by atoms with Crippen LogP contribution in [0.5, 0.6) is 0 Å². The lowest BCUT2D eigenvalue weighted by Crippen LogP contribution is -2.26. The Balaban J connectivity index is 2.22. The molecule has 0 heterocycles. The SMILES string of the molecule is CC1(C)C[C@@](O)(c2ccccc2)c2ccccc21. The maximum absolute atomic E-state index is 11.2. The minimum atomic E-state index is -0.846. The number of benzene rings is 2. The van der Waals surface area contributed by atoms with Gasteiger partial charge in [-0.2, -0.15) is 0 Å². The summed E-state index contributed by atoms with van der Waals surface area (Å²) in [5.41, 5.74) is 2.48. The van der Waals surface area contributed by atoms with Crippen LogP contribution in [0, 0.1) is 0 Å². The fraction of sp³-hybridized carbons (Fsp3) is 0.294. The second kappa shape index (κ2) is 3.69. The molecule has 1 atom stereocenters. The Morgan fingerprint density at radius 1 is 0.833 bits per heavy atom. The summed E-state index contributed by atoms with van der Waals surface area (Å²) >= 11 is 0. The van der Waals surface area contributed by atoms with Crippen molar-refractivity contribution in [3.05, 3.63) is 71.3 Å². The molecular formula is C17H18O. The molecule has 1 aliphatic rings. The van der Waals surface area contributed by atoms with E-state index in [1.807, 2.05) is 36.4 Å². The minimum absolute atomic E-state index is 0.0151. The second-order valence-electron chi connectivity index (χ2n) is 5.83. The third-order valence-corrected chi connectivity index (χ3v) is 4.05. The molecule has 0 saturated carbocycles. The zero-order valence-electron chi connectivity index (χ0n) is 10.9. The molecule has 0 bridgehead atoms. The summed E-state index contributed by atoms with van der Waals surface area (Å²) < 4.78 is 0. The maximum Gasteiger partial charge on any atom is 0.116 e. The van der Waals surface area contributed by atoms with Crippen molar-refractivity contribution in [2.45, 2.75) is 31.3 Å². The van der Waals surface area contributed by atoms with E-state index in [2.05, 4.69) is 32.0 Å². The first kappa shape index (κ1) is 11.5. The Morgan fingerprint density at radius 2 is 1.39 bits per heavy atom. The first-order valence-electron chi connectivity index (χ1n) is 6.42. The number of fused-ring (bicyclic) bond motifs is 1. The lowest BCUT2D eigenvalue weighted by atomic mass is 9.83. The molecule has 0 spiro atoms. The molecule has 0 radical (unpaired) electrons. The van der Waals surface area contributed by atoms with E-state index < -0.39 is 5.60 Å². The van der Waals surface area contributed by atoms with Gasteiger partial charge in [0.05, 0.1) is 0 Å². The third-order valence-electron chi connectivity index (χ3n) is 4.05. The van der Waals surface area contributed by atoms with E-state index in [0.717, 1.165) is 17.5 Å². The molecule has 1 aliphatic carbocycles. The van der Waals surface area contributed by atoms with Gasteiger partial charge in [-0.3, -0.25) is 0 Å². The van der Waals surface area contributed by atoms with E-state index in [4.69, 9.17) is 0 Å². The predicted molar refractivity (Wildman–Crippen MR) is 73.5 cm³/mol. The average molecular weight is 238 g/mol. The lowest BCUT2D eigenvalue weighted by Gasteiger charge is -2.26. The molecule has 0 aromatic heterocycles. The van der Waals surface area contributed by atoms with Crippen LogP contribution >= 0.6 is 0 Å². The van der Waals surface area contributed by atoms with Crippen molar-refractivity contribution >= 4 is 0 Å². The van der Waals surface area contributed by atoms with Crippen LogP contribution in [-0.4, -0.2) is 5.11 Å². The fourth-order valence-corrected chi connectivity index (χ4v) is 3.24. The van der Waals surface area contributed by atoms with Gasteiger partial charge in [-0.25, -0.2) is 0 Å². The fourth-order valence-electron chi connectivity index (χ4n) is 3.24. The van der Waals surface area contributed by atoms with Gasteiger partial charge in [-0.05, 0) is 28.5 Å². The quantitative estimate of drug-likeness (QED) is 0.804. The molecule has 18 heavy (non-hydrogen) atoms. The van der Waals surface area contributed by atoms with Crippen molar-refractivity contribution in [3.63, 3.8) is 0 Å². The summed E-state index contributed by atoms with van der Waals surface area (Å²) in [6.45, 7) is 4.40. The van der Waals surface area contributed by atoms with Crippen molar-refractivity contribution in [1.29, 1.82) is 0 Å². The van der Waals surface area contributed by atoms with Gasteiger partial charge in [0.25, 0.3) is 0 Å². The number of hydrogen-bond acceptors (Lipinski definition) is 1. The summed E-state index contributed by atoms with van der Waals surface area (Å²) in [7, 11) is 0. The van der Waals surface area contributed by atoms with Crippen LogP contribution < -0.4 is 0 Å². The molecule has 3 rings (SSSR count). The molecule has 0 saturated heterocycles. The van der Waals surface area contributed by atoms with Crippen molar-refractivity contribution in [1.82, 2.24) is 0 Å². The highest BCUT2D eigenvalue weighted by atomic mass is 16.3. The second-order valence-corrected chi connectivity index (χ2v) is 5.83. The summed E-state index contributed by atoms with van der Waals surface area (Å²) in [6, 6.07) is 18.2. The molecule has 1 heteroatoms. The summed E-state index contributed by atoms with van der Waals surface area (Å²) in [6.07, 6.45) is 0.739. The van der Waals surface area contributed by atoms with Gasteiger partial charge in [0.2, 0.25) is 0 Å². The Morgan fingerprint density at radius 3 is 2.06 bits per heavy atom. The highest BCUT2D eigenvalue weighted by molar-refractivity contribution is 5.49. The molecule has 0 amide bonds. The van der Waals surface area contributed by atoms with Crippen LogP contribution in [0.3, 0.4) is 0 Å². The summed E-state index contributed by atoms with van der Waals surface area (Å²) in [5.74, 6) is 0. The van der Waals surface area contributed by atoms with E-state index in [-0.39, 0.29) is 5.41 Å². The van der Waals surface area contributed by atoms with Crippen LogP contribution in [0.15, 0.2) is 54.6 Å². The molecule has 0 aliphatic heterocycles. The first-order valence-corrected chi connectivity index (χ1v) is 6.42. The Kier molecular flexibility index (Phi) is 2.36. The van der Waals surface area contributed by atoms with E-state index in [0.29, 0.717) is 0 Å². The van der Waals surface area contributed by atoms with Crippen LogP contribution in [0.2, 0.25) is 0 Å². The number of aliphatic hydroxyl groups is 1. The first-order chi connectivity index (χ1) is 8.54. The Bertz CT molecular complexity index is 571. The van der Waals surface area contributed by atoms with Crippen LogP contribution in [0.1, 0.15) is 37.0 Å². The van der Waals surface area contributed by atoms with Crippen molar-refractivity contribution in [2.24, 2.45) is 0 Å². The molecule has 2 aromatic carbocycles. The average Bonchev–Trinajstić information content (AvgIpc) is 2.60. The van der Waals surface area contributed by atoms with E-state index in [9.17, 15) is 5.11 Å². The van der Waals surface area contributed by atoms with Gasteiger partial charge < -0.3 is 5.11 Å². The summed E-state index contributed by atoms with van der Waals surface area (Å²) in [4.78, 5) is 0. The van der Waals surface area contributed by atoms with Gasteiger partial charge in [0.15, 0.2) is 0 Å². The largest absolute Gasteiger partial charge is 0.380 e. The van der Waals surface area contributed by atoms with Crippen LogP contribution in [0.25, 0.3) is 0 Å². The van der Waals surface area contributed by atoms with Gasteiger partial charge in [-0.15, -0.1) is 0 Å². The molecule has 92 valence electrons. The van der Waals surface area contributed by atoms with Gasteiger partial charge in [-0.1, -0.05) is 68.4 Å². The molecule has 0 unspecified atom stereocenters. The zero-order valence-corrected chi connectivity index (χ0v) is 10.9. The summed E-state index contributed by atoms with van der Waals surface area (Å²) in [5, 5.41) is 11.2. The smallest absolute Gasteiger partial charge is 0.116 e. The maximum atomic E-state index is 11.2. The topological polar surface area (TPSA) is 20.2 Å². The molecule has 2 aromatic rings. The number of rotatable bonds is 1.